The minimum absolute atomic E-state index is 0.0287. The van der Waals surface area contributed by atoms with E-state index in [0.29, 0.717) is 31.8 Å². The minimum atomic E-state index is -0.833. The summed E-state index contributed by atoms with van der Waals surface area (Å²) in [6.45, 7) is 6.59. The number of nitrogens with one attached hydrogen (secondary N) is 3. The van der Waals surface area contributed by atoms with E-state index in [1.165, 1.54) is 6.92 Å². The van der Waals surface area contributed by atoms with Gasteiger partial charge in [0.05, 0.1) is 12.1 Å². The van der Waals surface area contributed by atoms with Crippen LogP contribution in [-0.4, -0.2) is 67.8 Å². The van der Waals surface area contributed by atoms with Gasteiger partial charge in [0.25, 0.3) is 0 Å². The standard InChI is InChI=1S/C27H46N6O4/c1-17-13-21(35)14-18(2)22(17)16-24(25(36)15-20(19(3)34)9-6-7-11-30-4)33-26(37)23(28)10-8-12-32-27(29)31-5/h13-14,20,23-24,30,35H,6-12,15-16,28H2,1-5H3,(H,33,37)(H3,29,31,32). The van der Waals surface area contributed by atoms with Crippen LogP contribution in [0.1, 0.15) is 62.1 Å². The summed E-state index contributed by atoms with van der Waals surface area (Å²) in [6.07, 6.45) is 3.68. The monoisotopic (exact) mass is 518 g/mol. The van der Waals surface area contributed by atoms with E-state index in [9.17, 15) is 19.5 Å². The fourth-order valence-corrected chi connectivity index (χ4v) is 4.30. The van der Waals surface area contributed by atoms with Gasteiger partial charge in [0, 0.05) is 32.4 Å². The highest BCUT2D eigenvalue weighted by molar-refractivity contribution is 5.93. The number of amides is 1. The summed E-state index contributed by atoms with van der Waals surface area (Å²) in [5, 5.41) is 18.8. The summed E-state index contributed by atoms with van der Waals surface area (Å²) >= 11 is 0. The molecule has 0 saturated carbocycles. The number of guanidine groups is 1. The summed E-state index contributed by atoms with van der Waals surface area (Å²) in [7, 11) is 3.46. The van der Waals surface area contributed by atoms with Gasteiger partial charge in [-0.2, -0.15) is 0 Å². The van der Waals surface area contributed by atoms with Crippen LogP contribution in [0, 0.1) is 19.8 Å². The van der Waals surface area contributed by atoms with E-state index in [-0.39, 0.29) is 30.2 Å². The van der Waals surface area contributed by atoms with Gasteiger partial charge in [-0.3, -0.25) is 19.4 Å². The Balaban J connectivity index is 2.99. The van der Waals surface area contributed by atoms with Gasteiger partial charge in [-0.1, -0.05) is 6.42 Å². The van der Waals surface area contributed by atoms with Gasteiger partial charge in [0.2, 0.25) is 5.91 Å². The molecular formula is C27H46N6O4. The van der Waals surface area contributed by atoms with Crippen LogP contribution in [0.5, 0.6) is 5.75 Å². The molecule has 0 heterocycles. The lowest BCUT2D eigenvalue weighted by Crippen LogP contribution is -2.50. The Morgan fingerprint density at radius 1 is 1.05 bits per heavy atom. The molecule has 0 aliphatic carbocycles. The van der Waals surface area contributed by atoms with Gasteiger partial charge in [-0.25, -0.2) is 0 Å². The molecule has 0 spiro atoms. The molecule has 0 radical (unpaired) electrons. The molecule has 1 aromatic carbocycles. The van der Waals surface area contributed by atoms with Crippen LogP contribution in [0.4, 0.5) is 0 Å². The Kier molecular flexibility index (Phi) is 14.5. The summed E-state index contributed by atoms with van der Waals surface area (Å²) in [5.74, 6) is -0.578. The number of phenolic OH excluding ortho intramolecular Hbond substituents is 1. The topological polar surface area (TPSA) is 172 Å². The van der Waals surface area contributed by atoms with Crippen molar-refractivity contribution in [3.8, 4) is 5.75 Å². The number of phenols is 1. The van der Waals surface area contributed by atoms with Gasteiger partial charge in [0.1, 0.15) is 11.5 Å². The zero-order valence-corrected chi connectivity index (χ0v) is 23.0. The molecule has 10 heteroatoms. The van der Waals surface area contributed by atoms with Crippen LogP contribution >= 0.6 is 0 Å². The van der Waals surface area contributed by atoms with Crippen LogP contribution < -0.4 is 27.4 Å². The number of benzene rings is 1. The van der Waals surface area contributed by atoms with Gasteiger partial charge in [0.15, 0.2) is 11.7 Å². The highest BCUT2D eigenvalue weighted by Crippen LogP contribution is 2.23. The quantitative estimate of drug-likeness (QED) is 0.101. The molecule has 0 fully saturated rings. The van der Waals surface area contributed by atoms with Crippen molar-refractivity contribution in [2.45, 2.75) is 77.8 Å². The first-order valence-corrected chi connectivity index (χ1v) is 13.0. The number of Topliss-reactive ketones (excluding diaryl/α,β-unsaturated/α-hetero) is 2. The molecular weight excluding hydrogens is 472 g/mol. The molecule has 1 aromatic rings. The van der Waals surface area contributed by atoms with Crippen molar-refractivity contribution in [3.05, 3.63) is 28.8 Å². The maximum Gasteiger partial charge on any atom is 0.237 e. The lowest BCUT2D eigenvalue weighted by Gasteiger charge is -2.24. The number of rotatable bonds is 17. The Hall–Kier alpha value is -2.98. The molecule has 0 aliphatic rings. The van der Waals surface area contributed by atoms with Crippen LogP contribution in [-0.2, 0) is 20.8 Å². The summed E-state index contributed by atoms with van der Waals surface area (Å²) < 4.78 is 0. The molecule has 1 amide bonds. The number of aryl methyl sites for hydroxylation is 2. The second-order valence-corrected chi connectivity index (χ2v) is 9.69. The lowest BCUT2D eigenvalue weighted by atomic mass is 9.87. The molecule has 0 aliphatic heterocycles. The first-order valence-electron chi connectivity index (χ1n) is 13.0. The zero-order valence-electron chi connectivity index (χ0n) is 23.0. The molecule has 0 aromatic heterocycles. The molecule has 1 rings (SSSR count). The van der Waals surface area contributed by atoms with E-state index < -0.39 is 23.9 Å². The Bertz CT molecular complexity index is 910. The van der Waals surface area contributed by atoms with Crippen LogP contribution in [0.25, 0.3) is 0 Å². The highest BCUT2D eigenvalue weighted by Gasteiger charge is 2.28. The second kappa shape index (κ2) is 16.7. The molecule has 208 valence electrons. The van der Waals surface area contributed by atoms with Crippen LogP contribution in [0.2, 0.25) is 0 Å². The average Bonchev–Trinajstić information content (AvgIpc) is 2.84. The Labute approximate surface area is 221 Å². The van der Waals surface area contributed by atoms with Crippen molar-refractivity contribution in [3.63, 3.8) is 0 Å². The van der Waals surface area contributed by atoms with Gasteiger partial charge in [-0.15, -0.1) is 0 Å². The summed E-state index contributed by atoms with van der Waals surface area (Å²) in [6, 6.07) is 1.64. The van der Waals surface area contributed by atoms with E-state index in [2.05, 4.69) is 20.9 Å². The maximum absolute atomic E-state index is 13.5. The predicted octanol–water partition coefficient (Wildman–Crippen LogP) is 1.23. The van der Waals surface area contributed by atoms with Gasteiger partial charge >= 0.3 is 0 Å². The first-order chi connectivity index (χ1) is 17.5. The Morgan fingerprint density at radius 3 is 2.27 bits per heavy atom. The number of ketones is 2. The van der Waals surface area contributed by atoms with E-state index in [1.54, 1.807) is 19.2 Å². The largest absolute Gasteiger partial charge is 0.508 e. The molecule has 3 atom stereocenters. The number of aromatic hydroxyl groups is 1. The van der Waals surface area contributed by atoms with Crippen molar-refractivity contribution in [2.24, 2.45) is 22.4 Å². The maximum atomic E-state index is 13.5. The molecule has 8 N–H and O–H groups in total. The molecule has 37 heavy (non-hydrogen) atoms. The number of nitrogens with two attached hydrogens (primary N) is 2. The van der Waals surface area contributed by atoms with Crippen molar-refractivity contribution in [2.75, 3.05) is 27.2 Å². The number of hydrogen-bond acceptors (Lipinski definition) is 7. The highest BCUT2D eigenvalue weighted by atomic mass is 16.3. The molecule has 10 nitrogen and oxygen atoms in total. The predicted molar refractivity (Wildman–Crippen MR) is 148 cm³/mol. The van der Waals surface area contributed by atoms with Crippen molar-refractivity contribution < 1.29 is 19.5 Å². The summed E-state index contributed by atoms with van der Waals surface area (Å²) in [5.41, 5.74) is 14.3. The molecule has 3 unspecified atom stereocenters. The van der Waals surface area contributed by atoms with E-state index in [0.717, 1.165) is 36.1 Å². The lowest BCUT2D eigenvalue weighted by molar-refractivity contribution is -0.131. The average molecular weight is 519 g/mol. The van der Waals surface area contributed by atoms with Crippen molar-refractivity contribution in [1.82, 2.24) is 16.0 Å². The third-order valence-corrected chi connectivity index (χ3v) is 6.62. The fraction of sp³-hybridized carbons (Fsp3) is 0.630. The third-order valence-electron chi connectivity index (χ3n) is 6.62. The number of aliphatic imine (C=N–C) groups is 1. The zero-order chi connectivity index (χ0) is 28.0. The van der Waals surface area contributed by atoms with Crippen LogP contribution in [0.3, 0.4) is 0 Å². The fourth-order valence-electron chi connectivity index (χ4n) is 4.30. The number of carbonyl (C=O) groups excluding carboxylic acids is 3. The Morgan fingerprint density at radius 2 is 1.70 bits per heavy atom. The van der Waals surface area contributed by atoms with E-state index >= 15 is 0 Å². The normalized spacial score (nSPS) is 14.1. The smallest absolute Gasteiger partial charge is 0.237 e. The number of hydrogen-bond donors (Lipinski definition) is 6. The SMILES string of the molecule is CN=C(N)NCCCC(N)C(=O)NC(Cc1c(C)cc(O)cc1C)C(=O)CC(CCCCNC)C(C)=O. The van der Waals surface area contributed by atoms with Crippen molar-refractivity contribution in [1.29, 1.82) is 0 Å². The second-order valence-electron chi connectivity index (χ2n) is 9.69. The molecule has 0 saturated heterocycles. The van der Waals surface area contributed by atoms with Crippen LogP contribution in [0.15, 0.2) is 17.1 Å². The van der Waals surface area contributed by atoms with E-state index in [1.807, 2.05) is 20.9 Å². The minimum Gasteiger partial charge on any atom is -0.508 e. The van der Waals surface area contributed by atoms with Gasteiger partial charge < -0.3 is 32.5 Å². The molecule has 0 bridgehead atoms. The number of unbranched alkanes of at least 4 members (excludes halogenated alkanes) is 1. The van der Waals surface area contributed by atoms with Crippen molar-refractivity contribution >= 4 is 23.4 Å². The number of carbonyl (C=O) groups is 3. The van der Waals surface area contributed by atoms with E-state index in [4.69, 9.17) is 11.5 Å². The third kappa shape index (κ3) is 11.7. The first kappa shape index (κ1) is 32.0. The summed E-state index contributed by atoms with van der Waals surface area (Å²) in [4.78, 5) is 42.5. The van der Waals surface area contributed by atoms with Gasteiger partial charge in [-0.05, 0) is 88.9 Å². The number of nitrogens with zero attached hydrogens (tertiary/aromatic N) is 1.